The Morgan fingerprint density at radius 3 is 2.86 bits per heavy atom. The van der Waals surface area contributed by atoms with Crippen LogP contribution in [0.4, 0.5) is 11.4 Å². The average Bonchev–Trinajstić information content (AvgIpc) is 3.21. The van der Waals surface area contributed by atoms with E-state index in [1.165, 1.54) is 23.1 Å². The fourth-order valence-electron chi connectivity index (χ4n) is 2.75. The van der Waals surface area contributed by atoms with Gasteiger partial charge in [0.1, 0.15) is 12.4 Å². The number of carbonyl (C=O) groups excluding carboxylic acids is 2. The van der Waals surface area contributed by atoms with E-state index >= 15 is 0 Å². The van der Waals surface area contributed by atoms with Crippen LogP contribution >= 0.6 is 23.1 Å². The summed E-state index contributed by atoms with van der Waals surface area (Å²) in [4.78, 5) is 30.0. The van der Waals surface area contributed by atoms with Crippen molar-refractivity contribution in [2.45, 2.75) is 23.2 Å². The number of para-hydroxylation sites is 3. The second kappa shape index (κ2) is 8.45. The van der Waals surface area contributed by atoms with Crippen molar-refractivity contribution in [1.82, 2.24) is 4.98 Å². The van der Waals surface area contributed by atoms with Crippen LogP contribution in [0.25, 0.3) is 0 Å². The first kappa shape index (κ1) is 18.5. The molecule has 2 heterocycles. The van der Waals surface area contributed by atoms with Gasteiger partial charge in [-0.25, -0.2) is 4.98 Å². The van der Waals surface area contributed by atoms with Gasteiger partial charge in [-0.05, 0) is 24.3 Å². The highest BCUT2D eigenvalue weighted by atomic mass is 32.2. The lowest BCUT2D eigenvalue weighted by atomic mass is 10.2. The number of anilines is 2. The van der Waals surface area contributed by atoms with E-state index in [4.69, 9.17) is 4.74 Å². The second-order valence-corrected chi connectivity index (χ2v) is 8.07. The molecule has 0 aliphatic carbocycles. The van der Waals surface area contributed by atoms with E-state index < -0.39 is 5.25 Å². The van der Waals surface area contributed by atoms with Crippen LogP contribution in [0.15, 0.2) is 64.3 Å². The summed E-state index contributed by atoms with van der Waals surface area (Å²) in [6, 6.07) is 14.8. The Morgan fingerprint density at radius 1 is 1.18 bits per heavy atom. The van der Waals surface area contributed by atoms with E-state index in [-0.39, 0.29) is 18.2 Å². The minimum Gasteiger partial charge on any atom is -0.485 e. The first-order valence-electron chi connectivity index (χ1n) is 8.64. The highest BCUT2D eigenvalue weighted by Gasteiger charge is 2.29. The van der Waals surface area contributed by atoms with Crippen molar-refractivity contribution in [1.29, 1.82) is 0 Å². The molecule has 3 aromatic rings. The maximum atomic E-state index is 12.6. The zero-order chi connectivity index (χ0) is 19.3. The maximum absolute atomic E-state index is 12.6. The van der Waals surface area contributed by atoms with Gasteiger partial charge in [0.2, 0.25) is 11.8 Å². The number of ether oxygens (including phenoxy) is 1. The summed E-state index contributed by atoms with van der Waals surface area (Å²) >= 11 is 2.91. The number of carbonyl (C=O) groups is 2. The zero-order valence-corrected chi connectivity index (χ0v) is 16.4. The quantitative estimate of drug-likeness (QED) is 0.637. The number of aromatic nitrogens is 1. The molecular formula is C20H17N3O3S2. The standard InChI is InChI=1S/C20H17N3O3S2/c24-19(9-18-20(25)23-15-6-2-4-8-17(15)28-18)22-14-5-1-3-7-16(14)26-10-13-11-27-12-21-13/h1-8,11-12,18H,9-10H2,(H,22,24)(H,23,25). The van der Waals surface area contributed by atoms with Gasteiger partial charge in [-0.2, -0.15) is 0 Å². The van der Waals surface area contributed by atoms with Crippen molar-refractivity contribution in [2.75, 3.05) is 10.6 Å². The Labute approximate surface area is 170 Å². The second-order valence-electron chi connectivity index (χ2n) is 6.11. The third-order valence-corrected chi connectivity index (χ3v) is 6.01. The summed E-state index contributed by atoms with van der Waals surface area (Å²) in [6.45, 7) is 0.327. The van der Waals surface area contributed by atoms with Crippen LogP contribution in [0, 0.1) is 0 Å². The highest BCUT2D eigenvalue weighted by molar-refractivity contribution is 8.01. The molecule has 2 N–H and O–H groups in total. The summed E-state index contributed by atoms with van der Waals surface area (Å²) in [6.07, 6.45) is 0.0747. The van der Waals surface area contributed by atoms with Crippen LogP contribution in [-0.4, -0.2) is 22.0 Å². The van der Waals surface area contributed by atoms with Crippen LogP contribution in [0.5, 0.6) is 5.75 Å². The van der Waals surface area contributed by atoms with Gasteiger partial charge in [0, 0.05) is 16.7 Å². The lowest BCUT2D eigenvalue weighted by molar-refractivity contribution is -0.120. The van der Waals surface area contributed by atoms with Crippen molar-refractivity contribution < 1.29 is 14.3 Å². The third kappa shape index (κ3) is 4.35. The highest BCUT2D eigenvalue weighted by Crippen LogP contribution is 2.37. The van der Waals surface area contributed by atoms with Gasteiger partial charge in [0.05, 0.1) is 27.8 Å². The molecule has 0 saturated carbocycles. The molecule has 1 aliphatic rings. The molecule has 8 heteroatoms. The van der Waals surface area contributed by atoms with Gasteiger partial charge in [-0.15, -0.1) is 23.1 Å². The number of nitrogens with one attached hydrogen (secondary N) is 2. The molecule has 4 rings (SSSR count). The SMILES string of the molecule is O=C(CC1Sc2ccccc2NC1=O)Nc1ccccc1OCc1cscn1. The number of hydrogen-bond acceptors (Lipinski definition) is 6. The number of fused-ring (bicyclic) bond motifs is 1. The predicted octanol–water partition coefficient (Wildman–Crippen LogP) is 4.16. The molecule has 6 nitrogen and oxygen atoms in total. The first-order valence-corrected chi connectivity index (χ1v) is 10.5. The summed E-state index contributed by atoms with van der Waals surface area (Å²) in [5.74, 6) is 0.165. The van der Waals surface area contributed by atoms with Crippen molar-refractivity contribution in [3.63, 3.8) is 0 Å². The Hall–Kier alpha value is -2.84. The Bertz CT molecular complexity index is 992. The summed E-state index contributed by atoms with van der Waals surface area (Å²) in [5, 5.41) is 7.15. The molecule has 1 atom stereocenters. The monoisotopic (exact) mass is 411 g/mol. The van der Waals surface area contributed by atoms with Crippen LogP contribution < -0.4 is 15.4 Å². The van der Waals surface area contributed by atoms with E-state index in [1.807, 2.05) is 41.8 Å². The molecule has 1 aromatic heterocycles. The van der Waals surface area contributed by atoms with Crippen molar-refractivity contribution in [3.05, 3.63) is 65.1 Å². The number of rotatable bonds is 6. The summed E-state index contributed by atoms with van der Waals surface area (Å²) < 4.78 is 5.78. The number of hydrogen-bond donors (Lipinski definition) is 2. The smallest absolute Gasteiger partial charge is 0.238 e. The molecule has 2 aromatic carbocycles. The molecule has 2 amide bonds. The fraction of sp³-hybridized carbons (Fsp3) is 0.150. The van der Waals surface area contributed by atoms with Gasteiger partial charge in [-0.3, -0.25) is 9.59 Å². The molecule has 1 aliphatic heterocycles. The minimum absolute atomic E-state index is 0.0747. The Morgan fingerprint density at radius 2 is 2.00 bits per heavy atom. The predicted molar refractivity (Wildman–Crippen MR) is 111 cm³/mol. The van der Waals surface area contributed by atoms with Crippen molar-refractivity contribution >= 4 is 46.3 Å². The molecule has 0 saturated heterocycles. The molecule has 0 radical (unpaired) electrons. The lowest BCUT2D eigenvalue weighted by Gasteiger charge is -2.23. The van der Waals surface area contributed by atoms with Gasteiger partial charge >= 0.3 is 0 Å². The fourth-order valence-corrected chi connectivity index (χ4v) is 4.41. The molecule has 142 valence electrons. The number of amides is 2. The topological polar surface area (TPSA) is 80.3 Å². The Balaban J connectivity index is 1.39. The summed E-state index contributed by atoms with van der Waals surface area (Å²) in [5.41, 5.74) is 3.94. The molecule has 28 heavy (non-hydrogen) atoms. The molecule has 1 unspecified atom stereocenters. The first-order chi connectivity index (χ1) is 13.7. The number of nitrogens with zero attached hydrogens (tertiary/aromatic N) is 1. The molecule has 0 fully saturated rings. The lowest BCUT2D eigenvalue weighted by Crippen LogP contribution is -2.32. The molecule has 0 spiro atoms. The van der Waals surface area contributed by atoms with E-state index in [0.717, 1.165) is 16.3 Å². The van der Waals surface area contributed by atoms with Gasteiger partial charge in [0.15, 0.2) is 0 Å². The van der Waals surface area contributed by atoms with E-state index in [1.54, 1.807) is 17.6 Å². The number of thioether (sulfide) groups is 1. The van der Waals surface area contributed by atoms with E-state index in [0.29, 0.717) is 18.0 Å². The van der Waals surface area contributed by atoms with Gasteiger partial charge in [0.25, 0.3) is 0 Å². The van der Waals surface area contributed by atoms with Crippen molar-refractivity contribution in [2.24, 2.45) is 0 Å². The maximum Gasteiger partial charge on any atom is 0.238 e. The van der Waals surface area contributed by atoms with Crippen LogP contribution in [0.3, 0.4) is 0 Å². The van der Waals surface area contributed by atoms with E-state index in [9.17, 15) is 9.59 Å². The largest absolute Gasteiger partial charge is 0.485 e. The zero-order valence-electron chi connectivity index (χ0n) is 14.8. The summed E-state index contributed by atoms with van der Waals surface area (Å²) in [7, 11) is 0. The normalized spacial score (nSPS) is 15.4. The molecular weight excluding hydrogens is 394 g/mol. The molecule has 0 bridgehead atoms. The third-order valence-electron chi connectivity index (χ3n) is 4.10. The number of benzene rings is 2. The average molecular weight is 412 g/mol. The van der Waals surface area contributed by atoms with Crippen molar-refractivity contribution in [3.8, 4) is 5.75 Å². The Kier molecular flexibility index (Phi) is 5.59. The van der Waals surface area contributed by atoms with Crippen LogP contribution in [0.1, 0.15) is 12.1 Å². The van der Waals surface area contributed by atoms with Crippen LogP contribution in [0.2, 0.25) is 0 Å². The number of thiazole rings is 1. The van der Waals surface area contributed by atoms with Gasteiger partial charge < -0.3 is 15.4 Å². The van der Waals surface area contributed by atoms with E-state index in [2.05, 4.69) is 15.6 Å². The van der Waals surface area contributed by atoms with Gasteiger partial charge in [-0.1, -0.05) is 24.3 Å². The van der Waals surface area contributed by atoms with Crippen LogP contribution in [-0.2, 0) is 16.2 Å². The minimum atomic E-state index is -0.474.